The summed E-state index contributed by atoms with van der Waals surface area (Å²) in [7, 11) is 3.63. The van der Waals surface area contributed by atoms with Crippen LogP contribution in [-0.4, -0.2) is 30.2 Å². The molecule has 3 rings (SSSR count). The van der Waals surface area contributed by atoms with Crippen LogP contribution in [0, 0.1) is 5.92 Å². The monoisotopic (exact) mass is 365 g/mol. The van der Waals surface area contributed by atoms with Gasteiger partial charge in [-0.2, -0.15) is 4.98 Å². The van der Waals surface area contributed by atoms with Crippen LogP contribution in [-0.2, 0) is 16.1 Å². The summed E-state index contributed by atoms with van der Waals surface area (Å²) in [6.07, 6.45) is 0.827. The fraction of sp³-hybridized carbons (Fsp3) is 0.400. The first-order chi connectivity index (χ1) is 10.5. The van der Waals surface area contributed by atoms with Crippen molar-refractivity contribution in [2.75, 3.05) is 19.0 Å². The van der Waals surface area contributed by atoms with Gasteiger partial charge in [0.05, 0.1) is 5.92 Å². The van der Waals surface area contributed by atoms with Gasteiger partial charge in [-0.05, 0) is 35.2 Å². The number of carbonyl (C=O) groups excluding carboxylic acids is 1. The van der Waals surface area contributed by atoms with Crippen LogP contribution in [0.4, 0.5) is 5.95 Å². The maximum absolute atomic E-state index is 12.0. The van der Waals surface area contributed by atoms with Gasteiger partial charge in [-0.25, -0.2) is 0 Å². The summed E-state index contributed by atoms with van der Waals surface area (Å²) in [6.45, 7) is 0.0171. The van der Waals surface area contributed by atoms with E-state index in [1.807, 2.05) is 38.4 Å². The van der Waals surface area contributed by atoms with Crippen molar-refractivity contribution in [3.8, 4) is 0 Å². The van der Waals surface area contributed by atoms with E-state index < -0.39 is 0 Å². The predicted molar refractivity (Wildman–Crippen MR) is 83.4 cm³/mol. The van der Waals surface area contributed by atoms with Gasteiger partial charge in [0, 0.05) is 18.6 Å². The number of nitrogens with zero attached hydrogens (tertiary/aromatic N) is 3. The second-order valence-electron chi connectivity index (χ2n) is 5.49. The Morgan fingerprint density at radius 2 is 2.14 bits per heavy atom. The summed E-state index contributed by atoms with van der Waals surface area (Å²) in [5.74, 6) is 0.735. The quantitative estimate of drug-likeness (QED) is 0.758. The highest BCUT2D eigenvalue weighted by atomic mass is 79.9. The van der Waals surface area contributed by atoms with Crippen LogP contribution in [0.3, 0.4) is 0 Å². The minimum Gasteiger partial charge on any atom is -0.455 e. The predicted octanol–water partition coefficient (Wildman–Crippen LogP) is 2.75. The number of halogens is 1. The molecule has 1 fully saturated rings. The molecule has 0 aliphatic heterocycles. The third-order valence-electron chi connectivity index (χ3n) is 3.59. The highest BCUT2D eigenvalue weighted by Crippen LogP contribution is 2.48. The molecule has 0 radical (unpaired) electrons. The average molecular weight is 366 g/mol. The third-order valence-corrected chi connectivity index (χ3v) is 4.12. The van der Waals surface area contributed by atoms with Crippen LogP contribution in [0.2, 0.25) is 0 Å². The molecular weight excluding hydrogens is 350 g/mol. The number of hydrogen-bond donors (Lipinski definition) is 0. The Kier molecular flexibility index (Phi) is 4.15. The SMILES string of the molecule is CN(C)c1noc(COC(=O)[C@@H]2C[C@@H]2c2ccc(Br)cc2)n1. The lowest BCUT2D eigenvalue weighted by Gasteiger charge is -2.03. The summed E-state index contributed by atoms with van der Waals surface area (Å²) < 4.78 is 11.3. The van der Waals surface area contributed by atoms with Crippen molar-refractivity contribution < 1.29 is 14.1 Å². The zero-order valence-corrected chi connectivity index (χ0v) is 13.9. The van der Waals surface area contributed by atoms with Gasteiger partial charge in [-0.3, -0.25) is 4.79 Å². The van der Waals surface area contributed by atoms with Gasteiger partial charge in [0.25, 0.3) is 11.8 Å². The summed E-state index contributed by atoms with van der Waals surface area (Å²) in [5, 5.41) is 3.77. The van der Waals surface area contributed by atoms with Crippen LogP contribution in [0.15, 0.2) is 33.3 Å². The average Bonchev–Trinajstić information content (AvgIpc) is 3.15. The van der Waals surface area contributed by atoms with Crippen molar-refractivity contribution in [3.05, 3.63) is 40.2 Å². The van der Waals surface area contributed by atoms with Crippen LogP contribution in [0.1, 0.15) is 23.8 Å². The molecule has 1 aliphatic carbocycles. The van der Waals surface area contributed by atoms with Gasteiger partial charge >= 0.3 is 5.97 Å². The molecule has 1 aromatic carbocycles. The maximum atomic E-state index is 12.0. The molecule has 0 bridgehead atoms. The van der Waals surface area contributed by atoms with E-state index >= 15 is 0 Å². The van der Waals surface area contributed by atoms with Crippen molar-refractivity contribution in [2.24, 2.45) is 5.92 Å². The summed E-state index contributed by atoms with van der Waals surface area (Å²) in [5.41, 5.74) is 1.16. The van der Waals surface area contributed by atoms with E-state index in [0.29, 0.717) is 11.8 Å². The van der Waals surface area contributed by atoms with Crippen LogP contribution in [0.25, 0.3) is 0 Å². The Morgan fingerprint density at radius 1 is 1.41 bits per heavy atom. The second kappa shape index (κ2) is 6.08. The topological polar surface area (TPSA) is 68.5 Å². The molecule has 0 unspecified atom stereocenters. The molecule has 1 saturated carbocycles. The molecule has 2 aromatic rings. The van der Waals surface area contributed by atoms with E-state index in [0.717, 1.165) is 16.5 Å². The van der Waals surface area contributed by atoms with E-state index in [9.17, 15) is 4.79 Å². The molecule has 6 nitrogen and oxygen atoms in total. The van der Waals surface area contributed by atoms with Gasteiger partial charge in [0.2, 0.25) is 0 Å². The largest absolute Gasteiger partial charge is 0.455 e. The highest BCUT2D eigenvalue weighted by molar-refractivity contribution is 9.10. The molecule has 0 N–H and O–H groups in total. The lowest BCUT2D eigenvalue weighted by molar-refractivity contribution is -0.147. The number of anilines is 1. The number of rotatable bonds is 5. The molecule has 7 heteroatoms. The van der Waals surface area contributed by atoms with E-state index in [1.165, 1.54) is 0 Å². The molecule has 0 amide bonds. The molecule has 0 saturated heterocycles. The number of hydrogen-bond acceptors (Lipinski definition) is 6. The van der Waals surface area contributed by atoms with Crippen molar-refractivity contribution in [3.63, 3.8) is 0 Å². The van der Waals surface area contributed by atoms with Crippen LogP contribution < -0.4 is 4.90 Å². The van der Waals surface area contributed by atoms with Crippen LogP contribution >= 0.6 is 15.9 Å². The molecule has 1 heterocycles. The summed E-state index contributed by atoms with van der Waals surface area (Å²) in [4.78, 5) is 17.9. The Morgan fingerprint density at radius 3 is 2.77 bits per heavy atom. The Hall–Kier alpha value is -1.89. The minimum absolute atomic E-state index is 0.0171. The number of esters is 1. The number of aromatic nitrogens is 2. The molecule has 1 aliphatic rings. The summed E-state index contributed by atoms with van der Waals surface area (Å²) >= 11 is 3.40. The maximum Gasteiger partial charge on any atom is 0.310 e. The first-order valence-electron chi connectivity index (χ1n) is 6.96. The smallest absolute Gasteiger partial charge is 0.310 e. The first kappa shape index (κ1) is 15.0. The number of carbonyl (C=O) groups is 1. The van der Waals surface area contributed by atoms with Crippen molar-refractivity contribution in [2.45, 2.75) is 18.9 Å². The van der Waals surface area contributed by atoms with Crippen LogP contribution in [0.5, 0.6) is 0 Å². The standard InChI is InChI=1S/C15H16BrN3O3/c1-19(2)15-17-13(22-18-15)8-21-14(20)12-7-11(12)9-3-5-10(16)6-4-9/h3-6,11-12H,7-8H2,1-2H3/t11-,12-/m1/s1. The highest BCUT2D eigenvalue weighted by Gasteiger charge is 2.45. The number of benzene rings is 1. The van der Waals surface area contributed by atoms with E-state index in [4.69, 9.17) is 9.26 Å². The van der Waals surface area contributed by atoms with E-state index in [-0.39, 0.29) is 24.4 Å². The molecule has 2 atom stereocenters. The third kappa shape index (κ3) is 3.30. The summed E-state index contributed by atoms with van der Waals surface area (Å²) in [6, 6.07) is 8.03. The van der Waals surface area contributed by atoms with Gasteiger partial charge in [-0.15, -0.1) is 0 Å². The lowest BCUT2D eigenvalue weighted by Crippen LogP contribution is -2.11. The van der Waals surface area contributed by atoms with E-state index in [2.05, 4.69) is 26.1 Å². The molecular formula is C15H16BrN3O3. The molecule has 0 spiro atoms. The number of ether oxygens (including phenoxy) is 1. The van der Waals surface area contributed by atoms with Crippen molar-refractivity contribution in [1.29, 1.82) is 0 Å². The van der Waals surface area contributed by atoms with Gasteiger partial charge < -0.3 is 14.2 Å². The van der Waals surface area contributed by atoms with Gasteiger partial charge in [0.15, 0.2) is 6.61 Å². The van der Waals surface area contributed by atoms with Crippen molar-refractivity contribution in [1.82, 2.24) is 10.1 Å². The fourth-order valence-corrected chi connectivity index (χ4v) is 2.52. The minimum atomic E-state index is -0.211. The van der Waals surface area contributed by atoms with Gasteiger partial charge in [-0.1, -0.05) is 28.1 Å². The zero-order valence-electron chi connectivity index (χ0n) is 12.3. The Balaban J connectivity index is 1.52. The van der Waals surface area contributed by atoms with E-state index in [1.54, 1.807) is 4.90 Å². The Labute approximate surface area is 136 Å². The van der Waals surface area contributed by atoms with Crippen molar-refractivity contribution >= 4 is 27.8 Å². The first-order valence-corrected chi connectivity index (χ1v) is 7.76. The van der Waals surface area contributed by atoms with Gasteiger partial charge in [0.1, 0.15) is 0 Å². The lowest BCUT2D eigenvalue weighted by atomic mass is 10.1. The molecule has 22 heavy (non-hydrogen) atoms. The molecule has 1 aromatic heterocycles. The zero-order chi connectivity index (χ0) is 15.7. The normalized spacial score (nSPS) is 19.8. The Bertz CT molecular complexity index is 669. The fourth-order valence-electron chi connectivity index (χ4n) is 2.26. The second-order valence-corrected chi connectivity index (χ2v) is 6.41. The molecule has 116 valence electrons.